The van der Waals surface area contributed by atoms with Crippen LogP contribution in [-0.2, 0) is 18.3 Å². The number of benzene rings is 1. The first-order valence-electron chi connectivity index (χ1n) is 6.77. The van der Waals surface area contributed by atoms with Gasteiger partial charge in [0.2, 0.25) is 0 Å². The molecule has 1 heterocycles. The third kappa shape index (κ3) is 3.89. The summed E-state index contributed by atoms with van der Waals surface area (Å²) in [6, 6.07) is 6.42. The average molecular weight is 259 g/mol. The Morgan fingerprint density at radius 1 is 1.37 bits per heavy atom. The van der Waals surface area contributed by atoms with E-state index < -0.39 is 0 Å². The molecule has 2 aromatic rings. The summed E-state index contributed by atoms with van der Waals surface area (Å²) in [5, 5.41) is 3.36. The van der Waals surface area contributed by atoms with Gasteiger partial charge >= 0.3 is 0 Å². The van der Waals surface area contributed by atoms with Gasteiger partial charge in [0.05, 0.1) is 17.4 Å². The number of nitrogens with one attached hydrogen (secondary N) is 1. The maximum atomic E-state index is 10.8. The quantitative estimate of drug-likeness (QED) is 0.774. The number of ketones is 1. The smallest absolute Gasteiger partial charge is 0.129 e. The maximum Gasteiger partial charge on any atom is 0.129 e. The van der Waals surface area contributed by atoms with Crippen molar-refractivity contribution in [3.05, 3.63) is 30.1 Å². The van der Waals surface area contributed by atoms with E-state index >= 15 is 0 Å². The Labute approximate surface area is 113 Å². The monoisotopic (exact) mass is 259 g/mol. The number of Topliss-reactive ketones (excluding diaryl/α,β-unsaturated/α-hetero) is 1. The Balaban J connectivity index is 1.77. The highest BCUT2D eigenvalue weighted by molar-refractivity contribution is 5.76. The Hall–Kier alpha value is -1.68. The van der Waals surface area contributed by atoms with Crippen molar-refractivity contribution >= 4 is 16.8 Å². The van der Waals surface area contributed by atoms with Crippen LogP contribution in [-0.4, -0.2) is 28.4 Å². The van der Waals surface area contributed by atoms with Gasteiger partial charge in [0, 0.05) is 13.5 Å². The predicted molar refractivity (Wildman–Crippen MR) is 77.2 cm³/mol. The fraction of sp³-hybridized carbons (Fsp3) is 0.467. The van der Waals surface area contributed by atoms with Crippen LogP contribution in [0.1, 0.15) is 25.3 Å². The van der Waals surface area contributed by atoms with Crippen molar-refractivity contribution in [3.8, 4) is 0 Å². The molecule has 1 aromatic carbocycles. The number of fused-ring (bicyclic) bond motifs is 1. The molecule has 2 rings (SSSR count). The molecule has 1 N–H and O–H groups in total. The number of carbonyl (C=O) groups is 1. The summed E-state index contributed by atoms with van der Waals surface area (Å²) in [6.45, 7) is 3.49. The minimum absolute atomic E-state index is 0.266. The first-order chi connectivity index (χ1) is 9.16. The molecule has 0 bridgehead atoms. The molecule has 0 saturated heterocycles. The number of aromatic nitrogens is 2. The molecule has 0 fully saturated rings. The normalized spacial score (nSPS) is 11.1. The van der Waals surface area contributed by atoms with Crippen LogP contribution in [0.3, 0.4) is 0 Å². The summed E-state index contributed by atoms with van der Waals surface area (Å²) in [7, 11) is 2.01. The molecule has 19 heavy (non-hydrogen) atoms. The standard InChI is InChI=1S/C15H21N3O/c1-12(19)4-3-8-16-9-7-13-5-6-15-14(10-13)17-11-18(15)2/h5-6,10-11,16H,3-4,7-9H2,1-2H3. The van der Waals surface area contributed by atoms with Crippen molar-refractivity contribution in [1.82, 2.24) is 14.9 Å². The minimum atomic E-state index is 0.266. The van der Waals surface area contributed by atoms with E-state index in [0.29, 0.717) is 6.42 Å². The van der Waals surface area contributed by atoms with E-state index in [4.69, 9.17) is 0 Å². The van der Waals surface area contributed by atoms with Crippen LogP contribution in [0.5, 0.6) is 0 Å². The summed E-state index contributed by atoms with van der Waals surface area (Å²) in [6.07, 6.45) is 4.43. The van der Waals surface area contributed by atoms with Crippen LogP contribution in [0.25, 0.3) is 11.0 Å². The predicted octanol–water partition coefficient (Wildman–Crippen LogP) is 2.07. The molecular formula is C15H21N3O. The highest BCUT2D eigenvalue weighted by Crippen LogP contribution is 2.13. The van der Waals surface area contributed by atoms with Crippen LogP contribution in [0, 0.1) is 0 Å². The van der Waals surface area contributed by atoms with E-state index in [1.165, 1.54) is 5.56 Å². The maximum absolute atomic E-state index is 10.8. The number of hydrogen-bond donors (Lipinski definition) is 1. The molecule has 4 heteroatoms. The van der Waals surface area contributed by atoms with Crippen LogP contribution in [0.4, 0.5) is 0 Å². The summed E-state index contributed by atoms with van der Waals surface area (Å²) in [5.41, 5.74) is 3.51. The number of nitrogens with zero attached hydrogens (tertiary/aromatic N) is 2. The van der Waals surface area contributed by atoms with E-state index in [1.807, 2.05) is 17.9 Å². The third-order valence-electron chi connectivity index (χ3n) is 3.26. The van der Waals surface area contributed by atoms with E-state index in [-0.39, 0.29) is 5.78 Å². The lowest BCUT2D eigenvalue weighted by molar-refractivity contribution is -0.117. The number of rotatable bonds is 7. The molecule has 0 radical (unpaired) electrons. The molecule has 102 valence electrons. The summed E-state index contributed by atoms with van der Waals surface area (Å²) < 4.78 is 2.03. The Morgan fingerprint density at radius 3 is 3.00 bits per heavy atom. The summed E-state index contributed by atoms with van der Waals surface area (Å²) >= 11 is 0. The van der Waals surface area contributed by atoms with Gasteiger partial charge in [-0.3, -0.25) is 0 Å². The number of aryl methyl sites for hydroxylation is 1. The van der Waals surface area contributed by atoms with Crippen molar-refractivity contribution in [2.24, 2.45) is 7.05 Å². The van der Waals surface area contributed by atoms with Crippen LogP contribution in [0.2, 0.25) is 0 Å². The Kier molecular flexibility index (Phi) is 4.68. The SMILES string of the molecule is CC(=O)CCCNCCc1ccc2c(c1)ncn2C. The second kappa shape index (κ2) is 6.48. The fourth-order valence-electron chi connectivity index (χ4n) is 2.16. The van der Waals surface area contributed by atoms with E-state index in [0.717, 1.165) is 37.0 Å². The Morgan fingerprint density at radius 2 is 2.21 bits per heavy atom. The van der Waals surface area contributed by atoms with Crippen molar-refractivity contribution in [1.29, 1.82) is 0 Å². The van der Waals surface area contributed by atoms with E-state index in [2.05, 4.69) is 28.5 Å². The zero-order chi connectivity index (χ0) is 13.7. The molecule has 0 aliphatic heterocycles. The highest BCUT2D eigenvalue weighted by Gasteiger charge is 2.01. The van der Waals surface area contributed by atoms with Crippen LogP contribution >= 0.6 is 0 Å². The number of carbonyl (C=O) groups excluding carboxylic acids is 1. The van der Waals surface area contributed by atoms with Gasteiger partial charge in [-0.2, -0.15) is 0 Å². The second-order valence-corrected chi connectivity index (χ2v) is 4.98. The molecule has 4 nitrogen and oxygen atoms in total. The molecule has 0 spiro atoms. The zero-order valence-corrected chi connectivity index (χ0v) is 11.6. The zero-order valence-electron chi connectivity index (χ0n) is 11.6. The van der Waals surface area contributed by atoms with Crippen LogP contribution < -0.4 is 5.32 Å². The van der Waals surface area contributed by atoms with Gasteiger partial charge in [-0.05, 0) is 50.6 Å². The highest BCUT2D eigenvalue weighted by atomic mass is 16.1. The van der Waals surface area contributed by atoms with Gasteiger partial charge in [0.1, 0.15) is 5.78 Å². The minimum Gasteiger partial charge on any atom is -0.334 e. The van der Waals surface area contributed by atoms with Gasteiger partial charge < -0.3 is 14.7 Å². The largest absolute Gasteiger partial charge is 0.334 e. The molecule has 0 aliphatic carbocycles. The molecule has 0 saturated carbocycles. The van der Waals surface area contributed by atoms with Crippen molar-refractivity contribution in [2.45, 2.75) is 26.2 Å². The molecule has 1 aromatic heterocycles. The topological polar surface area (TPSA) is 46.9 Å². The second-order valence-electron chi connectivity index (χ2n) is 4.98. The lowest BCUT2D eigenvalue weighted by Gasteiger charge is -2.04. The van der Waals surface area contributed by atoms with Gasteiger partial charge in [-0.25, -0.2) is 4.98 Å². The van der Waals surface area contributed by atoms with Gasteiger partial charge in [-0.15, -0.1) is 0 Å². The summed E-state index contributed by atoms with van der Waals surface area (Å²) in [5.74, 6) is 0.266. The van der Waals surface area contributed by atoms with Crippen LogP contribution in [0.15, 0.2) is 24.5 Å². The average Bonchev–Trinajstić information content (AvgIpc) is 2.75. The molecule has 0 unspecified atom stereocenters. The summed E-state index contributed by atoms with van der Waals surface area (Å²) in [4.78, 5) is 15.1. The first-order valence-corrected chi connectivity index (χ1v) is 6.77. The van der Waals surface area contributed by atoms with E-state index in [9.17, 15) is 4.79 Å². The number of hydrogen-bond acceptors (Lipinski definition) is 3. The molecule has 0 amide bonds. The third-order valence-corrected chi connectivity index (χ3v) is 3.26. The van der Waals surface area contributed by atoms with Gasteiger partial charge in [0.25, 0.3) is 0 Å². The first kappa shape index (κ1) is 13.7. The van der Waals surface area contributed by atoms with Crippen molar-refractivity contribution in [2.75, 3.05) is 13.1 Å². The number of imidazole rings is 1. The molecule has 0 aliphatic rings. The van der Waals surface area contributed by atoms with E-state index in [1.54, 1.807) is 6.92 Å². The van der Waals surface area contributed by atoms with Crippen molar-refractivity contribution in [3.63, 3.8) is 0 Å². The fourth-order valence-corrected chi connectivity index (χ4v) is 2.16. The Bertz CT molecular complexity index is 560. The van der Waals surface area contributed by atoms with Crippen molar-refractivity contribution < 1.29 is 4.79 Å². The van der Waals surface area contributed by atoms with Gasteiger partial charge in [0.15, 0.2) is 0 Å². The van der Waals surface area contributed by atoms with Gasteiger partial charge in [-0.1, -0.05) is 6.07 Å². The lowest BCUT2D eigenvalue weighted by atomic mass is 10.1. The molecular weight excluding hydrogens is 238 g/mol. The lowest BCUT2D eigenvalue weighted by Crippen LogP contribution is -2.19. The molecule has 0 atom stereocenters.